The van der Waals surface area contributed by atoms with Gasteiger partial charge in [0.25, 0.3) is 12.8 Å². The van der Waals surface area contributed by atoms with Gasteiger partial charge in [0.15, 0.2) is 0 Å². The van der Waals surface area contributed by atoms with Gasteiger partial charge in [-0.1, -0.05) is 0 Å². The summed E-state index contributed by atoms with van der Waals surface area (Å²) in [7, 11) is 0. The Bertz CT molecular complexity index is 55.2. The van der Waals surface area contributed by atoms with E-state index in [4.69, 9.17) is 1.37 Å². The Balaban J connectivity index is 3.54. The Morgan fingerprint density at radius 2 is 1.33 bits per heavy atom. The zero-order chi connectivity index (χ0) is 6.08. The molecule has 4 heteroatoms. The second-order valence-electron chi connectivity index (χ2n) is 0.590. The minimum absolute atomic E-state index is 3.87. The number of alkyl halides is 4. The van der Waals surface area contributed by atoms with E-state index in [0.717, 1.165) is 0 Å². The molecule has 0 unspecified atom stereocenters. The molecule has 0 saturated carbocycles. The van der Waals surface area contributed by atoms with Crippen molar-refractivity contribution in [1.29, 1.82) is 0 Å². The van der Waals surface area contributed by atoms with Crippen LogP contribution in [0.25, 0.3) is 0 Å². The molecule has 38 valence electrons. The quantitative estimate of drug-likeness (QED) is 0.441. The molecule has 0 amide bonds. The Kier molecular flexibility index (Phi) is 1.30. The molecule has 0 nitrogen and oxygen atoms in total. The van der Waals surface area contributed by atoms with Crippen LogP contribution in [0.15, 0.2) is 0 Å². The van der Waals surface area contributed by atoms with Gasteiger partial charge in [-0.2, -0.15) is 0 Å². The molecule has 0 aromatic heterocycles. The third-order valence-electron chi connectivity index (χ3n) is 0.165. The molecular formula is C2H2F4. The summed E-state index contributed by atoms with van der Waals surface area (Å²) in [5, 5.41) is 0. The molecule has 6 heavy (non-hydrogen) atoms. The van der Waals surface area contributed by atoms with Crippen LogP contribution in [0.5, 0.6) is 0 Å². The van der Waals surface area contributed by atoms with E-state index in [0.29, 0.717) is 0 Å². The van der Waals surface area contributed by atoms with Crippen molar-refractivity contribution in [1.82, 2.24) is 0 Å². The standard InChI is InChI=1S/C2H2F4/c3-1(4)2(5)6/h1-2H/i1D. The lowest BCUT2D eigenvalue weighted by Crippen LogP contribution is -2.02. The lowest BCUT2D eigenvalue weighted by atomic mass is 10.8. The van der Waals surface area contributed by atoms with E-state index >= 15 is 0 Å². The molecule has 0 aliphatic rings. The third-order valence-corrected chi connectivity index (χ3v) is 0.165. The monoisotopic (exact) mass is 103 g/mol. The van der Waals surface area contributed by atoms with Crippen molar-refractivity contribution < 1.29 is 18.9 Å². The average Bonchev–Trinajstić information content (AvgIpc) is 1.31. The SMILES string of the molecule is [2H]C(F)(F)C(F)F. The van der Waals surface area contributed by atoms with Crippen molar-refractivity contribution in [2.45, 2.75) is 12.8 Å². The van der Waals surface area contributed by atoms with Crippen LogP contribution in [0, 0.1) is 0 Å². The first-order chi connectivity index (χ1) is 2.94. The summed E-state index contributed by atoms with van der Waals surface area (Å²) < 4.78 is 48.0. The van der Waals surface area contributed by atoms with Gasteiger partial charge in [-0.25, -0.2) is 17.6 Å². The smallest absolute Gasteiger partial charge is 0.204 e. The van der Waals surface area contributed by atoms with Crippen LogP contribution in [0.2, 0.25) is 0 Å². The van der Waals surface area contributed by atoms with Crippen LogP contribution < -0.4 is 0 Å². The summed E-state index contributed by atoms with van der Waals surface area (Å²) in [6, 6.07) is 0. The van der Waals surface area contributed by atoms with Crippen molar-refractivity contribution in [2.75, 3.05) is 0 Å². The topological polar surface area (TPSA) is 0 Å². The lowest BCUT2D eigenvalue weighted by molar-refractivity contribution is -0.0278. The fourth-order valence-electron chi connectivity index (χ4n) is 0. The third kappa shape index (κ3) is 1.99. The van der Waals surface area contributed by atoms with Gasteiger partial charge in [-0.3, -0.25) is 0 Å². The highest BCUT2D eigenvalue weighted by Crippen LogP contribution is 2.04. The number of rotatable bonds is 1. The maximum atomic E-state index is 10.8. The highest BCUT2D eigenvalue weighted by atomic mass is 19.3. The van der Waals surface area contributed by atoms with Gasteiger partial charge in [0.05, 0.1) is 0 Å². The molecule has 0 bridgehead atoms. The molecule has 0 aliphatic heterocycles. The first-order valence-corrected chi connectivity index (χ1v) is 1.10. The number of hydrogen-bond acceptors (Lipinski definition) is 0. The number of halogens is 4. The predicted molar refractivity (Wildman–Crippen MR) is 12.0 cm³/mol. The zero-order valence-corrected chi connectivity index (χ0v) is 2.59. The molecule has 0 heterocycles. The van der Waals surface area contributed by atoms with Crippen molar-refractivity contribution in [3.8, 4) is 0 Å². The maximum absolute atomic E-state index is 10.8. The van der Waals surface area contributed by atoms with Gasteiger partial charge < -0.3 is 0 Å². The summed E-state index contributed by atoms with van der Waals surface area (Å²) in [5.41, 5.74) is 0. The Morgan fingerprint density at radius 3 is 1.33 bits per heavy atom. The van der Waals surface area contributed by atoms with Crippen molar-refractivity contribution >= 4 is 0 Å². The Morgan fingerprint density at radius 1 is 1.17 bits per heavy atom. The predicted octanol–water partition coefficient (Wildman–Crippen LogP) is 1.52. The summed E-state index contributed by atoms with van der Waals surface area (Å²) in [6.45, 7) is 0. The molecule has 0 aliphatic carbocycles. The first kappa shape index (κ1) is 3.89. The summed E-state index contributed by atoms with van der Waals surface area (Å²) in [4.78, 5) is 0. The van der Waals surface area contributed by atoms with Gasteiger partial charge in [-0.05, 0) is 0 Å². The summed E-state index contributed by atoms with van der Waals surface area (Å²) in [5.74, 6) is 0. The second kappa shape index (κ2) is 2.00. The molecule has 0 aromatic rings. The van der Waals surface area contributed by atoms with Crippen LogP contribution in [0.1, 0.15) is 1.37 Å². The van der Waals surface area contributed by atoms with E-state index in [1.54, 1.807) is 0 Å². The van der Waals surface area contributed by atoms with E-state index in [-0.39, 0.29) is 0 Å². The minimum atomic E-state index is -4.58. The minimum Gasteiger partial charge on any atom is -0.204 e. The van der Waals surface area contributed by atoms with E-state index < -0.39 is 12.8 Å². The Hall–Kier alpha value is -0.280. The van der Waals surface area contributed by atoms with E-state index in [2.05, 4.69) is 0 Å². The largest absolute Gasteiger partial charge is 0.298 e. The highest BCUT2D eigenvalue weighted by molar-refractivity contribution is 4.35. The van der Waals surface area contributed by atoms with Gasteiger partial charge in [0, 0.05) is 0 Å². The zero-order valence-electron chi connectivity index (χ0n) is 3.59. The van der Waals surface area contributed by atoms with Crippen molar-refractivity contribution in [3.05, 3.63) is 0 Å². The highest BCUT2D eigenvalue weighted by Gasteiger charge is 2.15. The summed E-state index contributed by atoms with van der Waals surface area (Å²) >= 11 is 0. The van der Waals surface area contributed by atoms with E-state index in [9.17, 15) is 17.6 Å². The van der Waals surface area contributed by atoms with Crippen LogP contribution in [0.4, 0.5) is 17.6 Å². The number of hydrogen-bond donors (Lipinski definition) is 0. The van der Waals surface area contributed by atoms with Crippen molar-refractivity contribution in [2.24, 2.45) is 0 Å². The molecule has 0 atom stereocenters. The maximum Gasteiger partial charge on any atom is 0.298 e. The molecule has 0 spiro atoms. The van der Waals surface area contributed by atoms with Crippen molar-refractivity contribution in [3.63, 3.8) is 0 Å². The fraction of sp³-hybridized carbons (Fsp3) is 1.00. The molecule has 0 saturated heterocycles. The van der Waals surface area contributed by atoms with Crippen LogP contribution in [-0.2, 0) is 0 Å². The Labute approximate surface area is 33.2 Å². The van der Waals surface area contributed by atoms with Gasteiger partial charge >= 0.3 is 0 Å². The summed E-state index contributed by atoms with van der Waals surface area (Å²) in [6.07, 6.45) is -8.45. The molecular weight excluding hydrogens is 100 g/mol. The fourth-order valence-corrected chi connectivity index (χ4v) is 0. The molecule has 0 N–H and O–H groups in total. The van der Waals surface area contributed by atoms with E-state index in [1.165, 1.54) is 0 Å². The normalized spacial score (nSPS) is 15.2. The molecule has 0 radical (unpaired) electrons. The van der Waals surface area contributed by atoms with Gasteiger partial charge in [0.2, 0.25) is 0 Å². The lowest BCUT2D eigenvalue weighted by Gasteiger charge is -1.89. The van der Waals surface area contributed by atoms with Gasteiger partial charge in [0.1, 0.15) is 1.37 Å². The van der Waals surface area contributed by atoms with Gasteiger partial charge in [-0.15, -0.1) is 0 Å². The molecule has 0 aromatic carbocycles. The molecule has 0 fully saturated rings. The van der Waals surface area contributed by atoms with Crippen LogP contribution >= 0.6 is 0 Å². The second-order valence-corrected chi connectivity index (χ2v) is 0.590. The molecule has 0 rings (SSSR count). The average molecular weight is 103 g/mol. The van der Waals surface area contributed by atoms with Crippen LogP contribution in [-0.4, -0.2) is 12.8 Å². The first-order valence-electron chi connectivity index (χ1n) is 1.60. The van der Waals surface area contributed by atoms with E-state index in [1.807, 2.05) is 0 Å². The van der Waals surface area contributed by atoms with Crippen LogP contribution in [0.3, 0.4) is 0 Å².